The van der Waals surface area contributed by atoms with Crippen LogP contribution in [0.25, 0.3) is 0 Å². The van der Waals surface area contributed by atoms with Gasteiger partial charge in [-0.1, -0.05) is 42.9 Å². The minimum absolute atomic E-state index is 1.13. The molecule has 56 valence electrons. The summed E-state index contributed by atoms with van der Waals surface area (Å²) in [5.41, 5.74) is 2.69. The van der Waals surface area contributed by atoms with Gasteiger partial charge in [0.05, 0.1) is 0 Å². The summed E-state index contributed by atoms with van der Waals surface area (Å²) in [5.74, 6) is 0. The largest absolute Gasteiger partial charge is 0.0991 e. The highest BCUT2D eigenvalue weighted by Gasteiger charge is 1.83. The molecule has 0 N–H and O–H groups in total. The van der Waals surface area contributed by atoms with Crippen molar-refractivity contribution in [2.75, 3.05) is 0 Å². The van der Waals surface area contributed by atoms with E-state index < -0.39 is 0 Å². The molecule has 0 saturated carbocycles. The quantitative estimate of drug-likeness (QED) is 0.521. The van der Waals surface area contributed by atoms with Gasteiger partial charge >= 0.3 is 0 Å². The summed E-state index contributed by atoms with van der Waals surface area (Å²) < 4.78 is 0. The molecule has 0 spiro atoms. The maximum atomic E-state index is 3.63. The lowest BCUT2D eigenvalue weighted by Crippen LogP contribution is -1.73. The van der Waals surface area contributed by atoms with Gasteiger partial charge in [-0.15, -0.1) is 0 Å². The first kappa shape index (κ1) is 9.22. The van der Waals surface area contributed by atoms with E-state index in [1.54, 1.807) is 0 Å². The molecule has 0 heteroatoms. The van der Waals surface area contributed by atoms with Gasteiger partial charge in [-0.2, -0.15) is 0 Å². The monoisotopic (exact) mass is 136 g/mol. The molecule has 0 heterocycles. The van der Waals surface area contributed by atoms with Crippen molar-refractivity contribution in [3.05, 3.63) is 36.0 Å². The molecule has 0 atom stereocenters. The molecule has 0 nitrogen and oxygen atoms in total. The van der Waals surface area contributed by atoms with E-state index in [1.165, 1.54) is 11.1 Å². The van der Waals surface area contributed by atoms with Crippen LogP contribution in [0.15, 0.2) is 36.0 Å². The van der Waals surface area contributed by atoms with Crippen LogP contribution in [0.2, 0.25) is 0 Å². The van der Waals surface area contributed by atoms with Crippen LogP contribution in [0, 0.1) is 0 Å². The fourth-order valence-electron chi connectivity index (χ4n) is 0.725. The topological polar surface area (TPSA) is 0 Å². The van der Waals surface area contributed by atoms with Crippen LogP contribution in [-0.4, -0.2) is 0 Å². The Morgan fingerprint density at radius 3 is 2.40 bits per heavy atom. The second-order valence-corrected chi connectivity index (χ2v) is 2.49. The standard InChI is InChI=1S/C10H16/c1-5-7-10(4)8-9(3)6-2/h5,7-8H,1,6H2,2-4H3/b9-8-,10-7-. The summed E-state index contributed by atoms with van der Waals surface area (Å²) >= 11 is 0. The lowest BCUT2D eigenvalue weighted by atomic mass is 10.1. The highest BCUT2D eigenvalue weighted by atomic mass is 13.9. The zero-order valence-corrected chi connectivity index (χ0v) is 7.15. The summed E-state index contributed by atoms with van der Waals surface area (Å²) in [6.45, 7) is 10.0. The van der Waals surface area contributed by atoms with Gasteiger partial charge in [-0.25, -0.2) is 0 Å². The summed E-state index contributed by atoms with van der Waals surface area (Å²) in [5, 5.41) is 0. The van der Waals surface area contributed by atoms with Crippen LogP contribution in [0.5, 0.6) is 0 Å². The Bertz CT molecular complexity index is 159. The zero-order chi connectivity index (χ0) is 7.98. The number of allylic oxidation sites excluding steroid dienone is 5. The molecule has 10 heavy (non-hydrogen) atoms. The molecule has 0 rings (SSSR count). The van der Waals surface area contributed by atoms with Gasteiger partial charge in [-0.3, -0.25) is 0 Å². The first-order valence-electron chi connectivity index (χ1n) is 3.67. The second-order valence-electron chi connectivity index (χ2n) is 2.49. The van der Waals surface area contributed by atoms with E-state index in [0.29, 0.717) is 0 Å². The van der Waals surface area contributed by atoms with Crippen LogP contribution in [0.3, 0.4) is 0 Å². The molecule has 0 aliphatic carbocycles. The Kier molecular flexibility index (Phi) is 4.65. The number of rotatable bonds is 3. The normalized spacial score (nSPS) is 13.5. The average molecular weight is 136 g/mol. The van der Waals surface area contributed by atoms with E-state index in [4.69, 9.17) is 0 Å². The Morgan fingerprint density at radius 2 is 2.00 bits per heavy atom. The van der Waals surface area contributed by atoms with Crippen molar-refractivity contribution in [1.29, 1.82) is 0 Å². The molecule has 0 bridgehead atoms. The Balaban J connectivity index is 4.11. The lowest BCUT2D eigenvalue weighted by molar-refractivity contribution is 1.09. The van der Waals surface area contributed by atoms with Crippen LogP contribution in [0.4, 0.5) is 0 Å². The zero-order valence-electron chi connectivity index (χ0n) is 7.15. The second kappa shape index (κ2) is 5.04. The smallest absolute Gasteiger partial charge is 0.0348 e. The highest BCUT2D eigenvalue weighted by molar-refractivity contribution is 5.23. The van der Waals surface area contributed by atoms with Crippen LogP contribution in [0.1, 0.15) is 27.2 Å². The predicted molar refractivity (Wildman–Crippen MR) is 48.0 cm³/mol. The minimum Gasteiger partial charge on any atom is -0.0991 e. The molecule has 0 fully saturated rings. The van der Waals surface area contributed by atoms with Gasteiger partial charge < -0.3 is 0 Å². The summed E-state index contributed by atoms with van der Waals surface area (Å²) in [4.78, 5) is 0. The molecular weight excluding hydrogens is 120 g/mol. The third-order valence-corrected chi connectivity index (χ3v) is 1.41. The third-order valence-electron chi connectivity index (χ3n) is 1.41. The van der Waals surface area contributed by atoms with Gasteiger partial charge in [0.1, 0.15) is 0 Å². The van der Waals surface area contributed by atoms with E-state index in [2.05, 4.69) is 33.4 Å². The predicted octanol–water partition coefficient (Wildman–Crippen LogP) is 3.48. The first-order valence-corrected chi connectivity index (χ1v) is 3.67. The Hall–Kier alpha value is -0.780. The summed E-state index contributed by atoms with van der Waals surface area (Å²) in [6, 6.07) is 0. The van der Waals surface area contributed by atoms with Crippen molar-refractivity contribution in [3.8, 4) is 0 Å². The number of hydrogen-bond donors (Lipinski definition) is 0. The number of hydrogen-bond acceptors (Lipinski definition) is 0. The van der Waals surface area contributed by atoms with Crippen molar-refractivity contribution in [3.63, 3.8) is 0 Å². The molecule has 0 aliphatic rings. The van der Waals surface area contributed by atoms with Gasteiger partial charge in [0.25, 0.3) is 0 Å². The fraction of sp³-hybridized carbons (Fsp3) is 0.400. The van der Waals surface area contributed by atoms with Crippen molar-refractivity contribution >= 4 is 0 Å². The maximum Gasteiger partial charge on any atom is -0.0348 e. The molecule has 0 radical (unpaired) electrons. The molecule has 0 unspecified atom stereocenters. The Labute approximate surface area is 64.0 Å². The molecule has 0 amide bonds. The summed E-state index contributed by atoms with van der Waals surface area (Å²) in [6.07, 6.45) is 7.14. The van der Waals surface area contributed by atoms with Crippen LogP contribution >= 0.6 is 0 Å². The van der Waals surface area contributed by atoms with Gasteiger partial charge in [0.15, 0.2) is 0 Å². The van der Waals surface area contributed by atoms with E-state index in [9.17, 15) is 0 Å². The molecule has 0 aliphatic heterocycles. The van der Waals surface area contributed by atoms with Crippen molar-refractivity contribution in [2.45, 2.75) is 27.2 Å². The molecule has 0 aromatic carbocycles. The average Bonchev–Trinajstić information content (AvgIpc) is 1.88. The van der Waals surface area contributed by atoms with Crippen molar-refractivity contribution in [2.24, 2.45) is 0 Å². The van der Waals surface area contributed by atoms with E-state index >= 15 is 0 Å². The van der Waals surface area contributed by atoms with Gasteiger partial charge in [0.2, 0.25) is 0 Å². The molecule has 0 saturated heterocycles. The molecule has 0 aromatic rings. The minimum atomic E-state index is 1.13. The third kappa shape index (κ3) is 4.13. The fourth-order valence-corrected chi connectivity index (χ4v) is 0.725. The van der Waals surface area contributed by atoms with E-state index in [-0.39, 0.29) is 0 Å². The van der Waals surface area contributed by atoms with Crippen molar-refractivity contribution in [1.82, 2.24) is 0 Å². The maximum absolute atomic E-state index is 3.63. The SMILES string of the molecule is C=C/C=C(C)\C=C(\C)CC. The lowest BCUT2D eigenvalue weighted by Gasteiger charge is -1.93. The van der Waals surface area contributed by atoms with Crippen LogP contribution < -0.4 is 0 Å². The van der Waals surface area contributed by atoms with E-state index in [0.717, 1.165) is 6.42 Å². The van der Waals surface area contributed by atoms with Crippen LogP contribution in [-0.2, 0) is 0 Å². The van der Waals surface area contributed by atoms with Crippen molar-refractivity contribution < 1.29 is 0 Å². The van der Waals surface area contributed by atoms with E-state index in [1.807, 2.05) is 12.2 Å². The van der Waals surface area contributed by atoms with Gasteiger partial charge in [-0.05, 0) is 20.3 Å². The molecular formula is C10H16. The van der Waals surface area contributed by atoms with Gasteiger partial charge in [0, 0.05) is 0 Å². The summed E-state index contributed by atoms with van der Waals surface area (Å²) in [7, 11) is 0. The Morgan fingerprint density at radius 1 is 1.40 bits per heavy atom. The highest BCUT2D eigenvalue weighted by Crippen LogP contribution is 2.04. The molecule has 0 aromatic heterocycles. The first-order chi connectivity index (χ1) is 4.70.